The maximum atomic E-state index is 9.13. The van der Waals surface area contributed by atoms with E-state index in [0.29, 0.717) is 11.9 Å². The smallest absolute Gasteiger partial charge is 0.0562 e. The topological polar surface area (TPSA) is 23.5 Å². The third kappa shape index (κ3) is 3.23. The van der Waals surface area contributed by atoms with Crippen LogP contribution in [0.1, 0.15) is 5.56 Å². The predicted molar refractivity (Wildman–Crippen MR) is 65.1 cm³/mol. The highest BCUT2D eigenvalue weighted by molar-refractivity contribution is 8.00. The lowest BCUT2D eigenvalue weighted by atomic mass is 10.2. The Hall–Kier alpha value is -0.510. The maximum absolute atomic E-state index is 9.13. The van der Waals surface area contributed by atoms with E-state index in [-0.39, 0.29) is 0 Å². The first-order valence-corrected chi connectivity index (χ1v) is 6.42. The third-order valence-corrected chi connectivity index (χ3v) is 3.86. The normalized spacial score (nSPS) is 22.9. The van der Waals surface area contributed by atoms with Gasteiger partial charge < -0.3 is 5.11 Å². The zero-order valence-corrected chi connectivity index (χ0v) is 9.62. The summed E-state index contributed by atoms with van der Waals surface area (Å²) in [5.74, 6) is 1.14. The van der Waals surface area contributed by atoms with Gasteiger partial charge in [0.15, 0.2) is 0 Å². The summed E-state index contributed by atoms with van der Waals surface area (Å²) in [7, 11) is 0. The molecule has 1 saturated heterocycles. The Morgan fingerprint density at radius 3 is 2.87 bits per heavy atom. The molecule has 1 heterocycles. The molecule has 1 fully saturated rings. The monoisotopic (exact) mass is 223 g/mol. The number of aliphatic hydroxyl groups is 1. The van der Waals surface area contributed by atoms with Crippen LogP contribution in [0.15, 0.2) is 30.3 Å². The Balaban J connectivity index is 1.89. The quantitative estimate of drug-likeness (QED) is 0.842. The minimum Gasteiger partial charge on any atom is -0.395 e. The molecule has 2 nitrogen and oxygen atoms in total. The molecule has 0 saturated carbocycles. The van der Waals surface area contributed by atoms with E-state index >= 15 is 0 Å². The Kier molecular flexibility index (Phi) is 4.06. The first-order chi connectivity index (χ1) is 7.38. The van der Waals surface area contributed by atoms with Crippen LogP contribution in [0, 0.1) is 0 Å². The van der Waals surface area contributed by atoms with Crippen molar-refractivity contribution < 1.29 is 5.11 Å². The van der Waals surface area contributed by atoms with E-state index in [9.17, 15) is 0 Å². The van der Waals surface area contributed by atoms with Crippen LogP contribution in [-0.2, 0) is 6.54 Å². The van der Waals surface area contributed by atoms with Crippen LogP contribution in [0.3, 0.4) is 0 Å². The van der Waals surface area contributed by atoms with E-state index < -0.39 is 0 Å². The number of thioether (sulfide) groups is 1. The first-order valence-electron chi connectivity index (χ1n) is 5.37. The van der Waals surface area contributed by atoms with Crippen molar-refractivity contribution in [2.24, 2.45) is 0 Å². The third-order valence-electron chi connectivity index (χ3n) is 2.68. The fourth-order valence-electron chi connectivity index (χ4n) is 1.88. The molecule has 0 spiro atoms. The standard InChI is InChI=1S/C12H17NOS/c14-10-12-9-13(6-7-15-12)8-11-4-2-1-3-5-11/h1-5,12,14H,6-10H2/t12-/m1/s1. The van der Waals surface area contributed by atoms with Crippen LogP contribution in [0.4, 0.5) is 0 Å². The van der Waals surface area contributed by atoms with Crippen molar-refractivity contribution in [3.05, 3.63) is 35.9 Å². The van der Waals surface area contributed by atoms with Gasteiger partial charge in [-0.25, -0.2) is 0 Å². The number of hydrogen-bond acceptors (Lipinski definition) is 3. The van der Waals surface area contributed by atoms with Crippen molar-refractivity contribution in [3.8, 4) is 0 Å². The molecule has 1 atom stereocenters. The Morgan fingerprint density at radius 1 is 1.33 bits per heavy atom. The van der Waals surface area contributed by atoms with Crippen LogP contribution in [-0.4, -0.2) is 40.7 Å². The second kappa shape index (κ2) is 5.54. The summed E-state index contributed by atoms with van der Waals surface area (Å²) in [6.45, 7) is 3.46. The molecule has 1 aliphatic rings. The fraction of sp³-hybridized carbons (Fsp3) is 0.500. The maximum Gasteiger partial charge on any atom is 0.0562 e. The molecule has 0 amide bonds. The number of nitrogens with zero attached hydrogens (tertiary/aromatic N) is 1. The second-order valence-corrected chi connectivity index (χ2v) is 5.30. The lowest BCUT2D eigenvalue weighted by molar-refractivity contribution is 0.225. The number of rotatable bonds is 3. The van der Waals surface area contributed by atoms with Crippen molar-refractivity contribution in [1.29, 1.82) is 0 Å². The van der Waals surface area contributed by atoms with E-state index in [4.69, 9.17) is 5.11 Å². The molecule has 0 aromatic heterocycles. The van der Waals surface area contributed by atoms with Crippen LogP contribution < -0.4 is 0 Å². The van der Waals surface area contributed by atoms with Crippen molar-refractivity contribution in [1.82, 2.24) is 4.90 Å². The zero-order chi connectivity index (χ0) is 10.5. The van der Waals surface area contributed by atoms with Gasteiger partial charge in [0.1, 0.15) is 0 Å². The molecule has 0 aliphatic carbocycles. The molecular formula is C12H17NOS. The van der Waals surface area contributed by atoms with Gasteiger partial charge in [0.05, 0.1) is 6.61 Å². The molecule has 0 radical (unpaired) electrons. The average Bonchev–Trinajstić information content (AvgIpc) is 2.31. The predicted octanol–water partition coefficient (Wildman–Crippen LogP) is 1.60. The Morgan fingerprint density at radius 2 is 2.13 bits per heavy atom. The van der Waals surface area contributed by atoms with E-state index in [1.165, 1.54) is 5.56 Å². The summed E-state index contributed by atoms with van der Waals surface area (Å²) in [5.41, 5.74) is 1.36. The summed E-state index contributed by atoms with van der Waals surface area (Å²) in [4.78, 5) is 2.42. The summed E-state index contributed by atoms with van der Waals surface area (Å²) in [6.07, 6.45) is 0. The molecule has 1 aromatic carbocycles. The Labute approximate surface area is 95.3 Å². The molecule has 1 N–H and O–H groups in total. The largest absolute Gasteiger partial charge is 0.395 e. The van der Waals surface area contributed by atoms with Gasteiger partial charge in [-0.2, -0.15) is 11.8 Å². The van der Waals surface area contributed by atoms with E-state index in [2.05, 4.69) is 29.2 Å². The van der Waals surface area contributed by atoms with Crippen LogP contribution in [0.2, 0.25) is 0 Å². The highest BCUT2D eigenvalue weighted by Crippen LogP contribution is 2.19. The molecule has 3 heteroatoms. The average molecular weight is 223 g/mol. The van der Waals surface area contributed by atoms with E-state index in [1.54, 1.807) is 0 Å². The van der Waals surface area contributed by atoms with Crippen molar-refractivity contribution in [3.63, 3.8) is 0 Å². The van der Waals surface area contributed by atoms with Gasteiger partial charge in [-0.05, 0) is 5.56 Å². The van der Waals surface area contributed by atoms with Gasteiger partial charge in [-0.1, -0.05) is 30.3 Å². The van der Waals surface area contributed by atoms with Gasteiger partial charge in [-0.15, -0.1) is 0 Å². The van der Waals surface area contributed by atoms with Gasteiger partial charge in [0.2, 0.25) is 0 Å². The van der Waals surface area contributed by atoms with Gasteiger partial charge in [-0.3, -0.25) is 4.90 Å². The minimum absolute atomic E-state index is 0.302. The number of benzene rings is 1. The molecule has 1 aromatic rings. The second-order valence-electron chi connectivity index (χ2n) is 3.90. The molecular weight excluding hydrogens is 206 g/mol. The lowest BCUT2D eigenvalue weighted by Gasteiger charge is -2.31. The summed E-state index contributed by atoms with van der Waals surface area (Å²) >= 11 is 1.89. The molecule has 2 rings (SSSR count). The molecule has 15 heavy (non-hydrogen) atoms. The summed E-state index contributed by atoms with van der Waals surface area (Å²) in [6, 6.07) is 10.5. The molecule has 82 valence electrons. The van der Waals surface area contributed by atoms with Crippen molar-refractivity contribution in [2.75, 3.05) is 25.4 Å². The minimum atomic E-state index is 0.302. The van der Waals surface area contributed by atoms with Crippen LogP contribution in [0.25, 0.3) is 0 Å². The number of hydrogen-bond donors (Lipinski definition) is 1. The van der Waals surface area contributed by atoms with Gasteiger partial charge in [0.25, 0.3) is 0 Å². The van der Waals surface area contributed by atoms with Crippen LogP contribution in [0.5, 0.6) is 0 Å². The lowest BCUT2D eigenvalue weighted by Crippen LogP contribution is -2.38. The first kappa shape index (κ1) is 11.0. The molecule has 0 unspecified atom stereocenters. The highest BCUT2D eigenvalue weighted by Gasteiger charge is 2.19. The molecule has 1 aliphatic heterocycles. The Bertz CT molecular complexity index is 291. The van der Waals surface area contributed by atoms with Gasteiger partial charge >= 0.3 is 0 Å². The zero-order valence-electron chi connectivity index (χ0n) is 8.80. The fourth-order valence-corrected chi connectivity index (χ4v) is 2.99. The SMILES string of the molecule is OC[C@H]1CN(Cc2ccccc2)CCS1. The van der Waals surface area contributed by atoms with E-state index in [1.807, 2.05) is 17.8 Å². The summed E-state index contributed by atoms with van der Waals surface area (Å²) < 4.78 is 0. The van der Waals surface area contributed by atoms with E-state index in [0.717, 1.165) is 25.4 Å². The number of aliphatic hydroxyl groups excluding tert-OH is 1. The van der Waals surface area contributed by atoms with Crippen LogP contribution >= 0.6 is 11.8 Å². The van der Waals surface area contributed by atoms with Crippen molar-refractivity contribution in [2.45, 2.75) is 11.8 Å². The molecule has 0 bridgehead atoms. The van der Waals surface area contributed by atoms with Gasteiger partial charge in [0, 0.05) is 30.6 Å². The summed E-state index contributed by atoms with van der Waals surface area (Å²) in [5, 5.41) is 9.53. The van der Waals surface area contributed by atoms with Crippen molar-refractivity contribution >= 4 is 11.8 Å². The highest BCUT2D eigenvalue weighted by atomic mass is 32.2.